The van der Waals surface area contributed by atoms with Crippen LogP contribution in [0.3, 0.4) is 0 Å². The van der Waals surface area contributed by atoms with Crippen molar-refractivity contribution >= 4 is 35.9 Å². The van der Waals surface area contributed by atoms with Crippen molar-refractivity contribution in [3.8, 4) is 0 Å². The van der Waals surface area contributed by atoms with Crippen molar-refractivity contribution in [1.29, 1.82) is 0 Å². The van der Waals surface area contributed by atoms with E-state index in [2.05, 4.69) is 44.8 Å². The highest BCUT2D eigenvalue weighted by Gasteiger charge is 2.32. The SMILES string of the molecule is CCOC(CCNC(=NC)NCCNc1nccc(C(F)(F)F)n1)C(C)C.I. The Balaban J connectivity index is 0.00000729. The third-order valence-corrected chi connectivity index (χ3v) is 3.72. The number of anilines is 1. The van der Waals surface area contributed by atoms with Gasteiger partial charge >= 0.3 is 6.18 Å². The van der Waals surface area contributed by atoms with Crippen molar-refractivity contribution in [1.82, 2.24) is 20.6 Å². The van der Waals surface area contributed by atoms with Crippen molar-refractivity contribution in [2.75, 3.05) is 38.6 Å². The molecule has 0 aliphatic carbocycles. The summed E-state index contributed by atoms with van der Waals surface area (Å²) in [5.74, 6) is 0.977. The zero-order valence-electron chi connectivity index (χ0n) is 16.6. The molecule has 3 N–H and O–H groups in total. The number of halogens is 4. The Kier molecular flexibility index (Phi) is 13.1. The van der Waals surface area contributed by atoms with Gasteiger partial charge in [-0.15, -0.1) is 24.0 Å². The van der Waals surface area contributed by atoms with E-state index in [9.17, 15) is 13.2 Å². The van der Waals surface area contributed by atoms with Gasteiger partial charge in [0.25, 0.3) is 0 Å². The van der Waals surface area contributed by atoms with E-state index in [0.29, 0.717) is 38.1 Å². The first kappa shape index (κ1) is 26.6. The standard InChI is InChI=1S/C17H29F3N6O.HI/c1-5-27-13(12(2)3)6-8-22-15(21-4)24-10-11-25-16-23-9-7-14(26-16)17(18,19)20;/h7,9,12-13H,5-6,8,10-11H2,1-4H3,(H2,21,22,24)(H,23,25,26);1H. The van der Waals surface area contributed by atoms with Crippen molar-refractivity contribution in [2.45, 2.75) is 39.5 Å². The molecule has 0 fully saturated rings. The molecule has 0 amide bonds. The molecular weight excluding hydrogens is 488 g/mol. The Morgan fingerprint density at radius 1 is 1.21 bits per heavy atom. The lowest BCUT2D eigenvalue weighted by Gasteiger charge is -2.21. The monoisotopic (exact) mass is 518 g/mol. The summed E-state index contributed by atoms with van der Waals surface area (Å²) < 4.78 is 43.5. The molecule has 0 spiro atoms. The number of ether oxygens (including phenoxy) is 1. The normalized spacial score (nSPS) is 13.1. The van der Waals surface area contributed by atoms with E-state index < -0.39 is 11.9 Å². The smallest absolute Gasteiger partial charge is 0.378 e. The summed E-state index contributed by atoms with van der Waals surface area (Å²) in [7, 11) is 1.65. The van der Waals surface area contributed by atoms with Crippen LogP contribution in [-0.4, -0.2) is 55.3 Å². The molecule has 162 valence electrons. The Hall–Kier alpha value is -1.37. The first-order valence-corrected chi connectivity index (χ1v) is 8.98. The van der Waals surface area contributed by atoms with E-state index in [-0.39, 0.29) is 36.0 Å². The predicted octanol–water partition coefficient (Wildman–Crippen LogP) is 3.14. The molecular formula is C17H30F3IN6O. The number of hydrogen-bond donors (Lipinski definition) is 3. The lowest BCUT2D eigenvalue weighted by atomic mass is 10.0. The second-order valence-corrected chi connectivity index (χ2v) is 6.14. The van der Waals surface area contributed by atoms with Gasteiger partial charge in [0, 0.05) is 39.5 Å². The highest BCUT2D eigenvalue weighted by Crippen LogP contribution is 2.27. The molecule has 1 atom stereocenters. The lowest BCUT2D eigenvalue weighted by molar-refractivity contribution is -0.141. The number of aliphatic imine (C=N–C) groups is 1. The molecule has 1 heterocycles. The van der Waals surface area contributed by atoms with Crippen LogP contribution in [0, 0.1) is 5.92 Å². The zero-order chi connectivity index (χ0) is 20.3. The topological polar surface area (TPSA) is 83.5 Å². The summed E-state index contributed by atoms with van der Waals surface area (Å²) in [6.45, 7) is 8.38. The number of rotatable bonds is 10. The first-order valence-electron chi connectivity index (χ1n) is 8.98. The van der Waals surface area contributed by atoms with Crippen LogP contribution >= 0.6 is 24.0 Å². The minimum atomic E-state index is -4.49. The van der Waals surface area contributed by atoms with E-state index >= 15 is 0 Å². The van der Waals surface area contributed by atoms with Gasteiger partial charge in [-0.2, -0.15) is 13.2 Å². The van der Waals surface area contributed by atoms with Crippen molar-refractivity contribution < 1.29 is 17.9 Å². The van der Waals surface area contributed by atoms with Gasteiger partial charge in [0.05, 0.1) is 6.10 Å². The molecule has 1 unspecified atom stereocenters. The van der Waals surface area contributed by atoms with Gasteiger partial charge in [-0.3, -0.25) is 4.99 Å². The van der Waals surface area contributed by atoms with E-state index in [4.69, 9.17) is 4.74 Å². The average Bonchev–Trinajstić information content (AvgIpc) is 2.62. The summed E-state index contributed by atoms with van der Waals surface area (Å²) in [4.78, 5) is 11.3. The number of guanidine groups is 1. The minimum absolute atomic E-state index is 0. The van der Waals surface area contributed by atoms with Gasteiger partial charge in [0.15, 0.2) is 5.96 Å². The van der Waals surface area contributed by atoms with Crippen LogP contribution in [0.2, 0.25) is 0 Å². The van der Waals surface area contributed by atoms with E-state index in [0.717, 1.165) is 18.7 Å². The van der Waals surface area contributed by atoms with Gasteiger partial charge in [-0.25, -0.2) is 9.97 Å². The van der Waals surface area contributed by atoms with Gasteiger partial charge in [-0.1, -0.05) is 13.8 Å². The van der Waals surface area contributed by atoms with Crippen LogP contribution in [0.4, 0.5) is 19.1 Å². The van der Waals surface area contributed by atoms with Crippen molar-refractivity contribution in [3.05, 3.63) is 18.0 Å². The van der Waals surface area contributed by atoms with Crippen LogP contribution < -0.4 is 16.0 Å². The molecule has 0 aliphatic heterocycles. The average molecular weight is 518 g/mol. The Bertz CT molecular complexity index is 586. The highest BCUT2D eigenvalue weighted by atomic mass is 127. The van der Waals surface area contributed by atoms with Crippen LogP contribution in [-0.2, 0) is 10.9 Å². The van der Waals surface area contributed by atoms with E-state index in [1.54, 1.807) is 7.05 Å². The maximum Gasteiger partial charge on any atom is 0.433 e. The molecule has 0 aromatic carbocycles. The Labute approximate surface area is 181 Å². The minimum Gasteiger partial charge on any atom is -0.378 e. The molecule has 1 aromatic heterocycles. The molecule has 0 bridgehead atoms. The fraction of sp³-hybridized carbons (Fsp3) is 0.706. The number of aromatic nitrogens is 2. The molecule has 28 heavy (non-hydrogen) atoms. The number of nitrogens with one attached hydrogen (secondary N) is 3. The number of alkyl halides is 3. The summed E-state index contributed by atoms with van der Waals surface area (Å²) >= 11 is 0. The van der Waals surface area contributed by atoms with Gasteiger partial charge in [0.1, 0.15) is 5.69 Å². The van der Waals surface area contributed by atoms with Crippen LogP contribution in [0.25, 0.3) is 0 Å². The molecule has 0 saturated heterocycles. The molecule has 0 saturated carbocycles. The quantitative estimate of drug-likeness (QED) is 0.191. The second-order valence-electron chi connectivity index (χ2n) is 6.14. The van der Waals surface area contributed by atoms with Crippen LogP contribution in [0.5, 0.6) is 0 Å². The zero-order valence-corrected chi connectivity index (χ0v) is 19.0. The number of nitrogens with zero attached hydrogens (tertiary/aromatic N) is 3. The van der Waals surface area contributed by atoms with Crippen molar-refractivity contribution in [3.63, 3.8) is 0 Å². The van der Waals surface area contributed by atoms with Gasteiger partial charge in [0.2, 0.25) is 5.95 Å². The molecule has 0 radical (unpaired) electrons. The highest BCUT2D eigenvalue weighted by molar-refractivity contribution is 14.0. The fourth-order valence-electron chi connectivity index (χ4n) is 2.33. The van der Waals surface area contributed by atoms with Gasteiger partial charge in [-0.05, 0) is 25.3 Å². The number of hydrogen-bond acceptors (Lipinski definition) is 5. The van der Waals surface area contributed by atoms with E-state index in [1.807, 2.05) is 6.92 Å². The van der Waals surface area contributed by atoms with Crippen LogP contribution in [0.15, 0.2) is 17.3 Å². The predicted molar refractivity (Wildman–Crippen MR) is 115 cm³/mol. The molecule has 11 heteroatoms. The van der Waals surface area contributed by atoms with Gasteiger partial charge < -0.3 is 20.7 Å². The summed E-state index contributed by atoms with van der Waals surface area (Å²) in [6, 6.07) is 0.835. The van der Waals surface area contributed by atoms with Crippen molar-refractivity contribution in [2.24, 2.45) is 10.9 Å². The summed E-state index contributed by atoms with van der Waals surface area (Å²) in [5.41, 5.74) is -0.973. The maximum atomic E-state index is 12.6. The fourth-order valence-corrected chi connectivity index (χ4v) is 2.33. The largest absolute Gasteiger partial charge is 0.433 e. The second kappa shape index (κ2) is 13.7. The Morgan fingerprint density at radius 3 is 2.46 bits per heavy atom. The molecule has 1 aromatic rings. The maximum absolute atomic E-state index is 12.6. The third-order valence-electron chi connectivity index (χ3n) is 3.72. The van der Waals surface area contributed by atoms with Crippen LogP contribution in [0.1, 0.15) is 32.9 Å². The summed E-state index contributed by atoms with van der Waals surface area (Å²) in [6.07, 6.45) is -2.38. The molecule has 7 nitrogen and oxygen atoms in total. The lowest BCUT2D eigenvalue weighted by Crippen LogP contribution is -2.41. The Morgan fingerprint density at radius 2 is 1.89 bits per heavy atom. The molecule has 0 aliphatic rings. The molecule has 1 rings (SSSR count). The third kappa shape index (κ3) is 10.2. The van der Waals surface area contributed by atoms with E-state index in [1.165, 1.54) is 0 Å². The summed E-state index contributed by atoms with van der Waals surface area (Å²) in [5, 5.41) is 9.02. The first-order chi connectivity index (χ1) is 12.8.